The fraction of sp³-hybridized carbons (Fsp3) is 0.286. The number of rotatable bonds is 7. The van der Waals surface area contributed by atoms with Crippen LogP contribution in [0.5, 0.6) is 0 Å². The number of aryl methyl sites for hydroxylation is 1. The molecule has 7 heteroatoms. The Hall–Kier alpha value is -2.37. The molecule has 28 heavy (non-hydrogen) atoms. The Balaban J connectivity index is 1.90. The van der Waals surface area contributed by atoms with Crippen molar-refractivity contribution in [1.29, 1.82) is 0 Å². The molecule has 3 aromatic rings. The van der Waals surface area contributed by atoms with Crippen LogP contribution in [0.15, 0.2) is 47.3 Å². The van der Waals surface area contributed by atoms with Crippen LogP contribution in [0.3, 0.4) is 0 Å². The van der Waals surface area contributed by atoms with Crippen LogP contribution in [0, 0.1) is 0 Å². The molecule has 0 radical (unpaired) electrons. The van der Waals surface area contributed by atoms with Gasteiger partial charge in [0.25, 0.3) is 11.5 Å². The van der Waals surface area contributed by atoms with Gasteiger partial charge >= 0.3 is 0 Å². The Morgan fingerprint density at radius 2 is 1.86 bits per heavy atom. The van der Waals surface area contributed by atoms with Crippen molar-refractivity contribution in [3.8, 4) is 0 Å². The molecule has 0 aliphatic heterocycles. The minimum atomic E-state index is -0.355. The number of carbonyl (C=O) groups excluding carboxylic acids is 1. The predicted molar refractivity (Wildman–Crippen MR) is 113 cm³/mol. The SMILES string of the molecule is CCCCCn1nc(C(=O)NCc2ccc(Cl)cc2Cl)c2ccccc2c1=O. The van der Waals surface area contributed by atoms with Gasteiger partial charge in [-0.05, 0) is 30.2 Å². The van der Waals surface area contributed by atoms with Crippen LogP contribution in [-0.2, 0) is 13.1 Å². The highest BCUT2D eigenvalue weighted by atomic mass is 35.5. The molecule has 0 aliphatic rings. The fourth-order valence-electron chi connectivity index (χ4n) is 2.99. The minimum absolute atomic E-state index is 0.177. The topological polar surface area (TPSA) is 64.0 Å². The number of hydrogen-bond donors (Lipinski definition) is 1. The van der Waals surface area contributed by atoms with E-state index in [2.05, 4.69) is 17.3 Å². The molecule has 5 nitrogen and oxygen atoms in total. The fourth-order valence-corrected chi connectivity index (χ4v) is 3.47. The third kappa shape index (κ3) is 4.54. The first-order valence-electron chi connectivity index (χ1n) is 9.23. The number of aromatic nitrogens is 2. The molecular weight excluding hydrogens is 397 g/mol. The summed E-state index contributed by atoms with van der Waals surface area (Å²) >= 11 is 12.1. The van der Waals surface area contributed by atoms with Crippen LogP contribution in [0.2, 0.25) is 10.0 Å². The lowest BCUT2D eigenvalue weighted by Gasteiger charge is -2.12. The molecule has 0 atom stereocenters. The first-order chi connectivity index (χ1) is 13.5. The van der Waals surface area contributed by atoms with Crippen molar-refractivity contribution in [3.63, 3.8) is 0 Å². The lowest BCUT2D eigenvalue weighted by atomic mass is 10.1. The number of unbranched alkanes of at least 4 members (excludes halogenated alkanes) is 2. The van der Waals surface area contributed by atoms with Gasteiger partial charge in [0.2, 0.25) is 0 Å². The van der Waals surface area contributed by atoms with Crippen molar-refractivity contribution in [2.75, 3.05) is 0 Å². The third-order valence-electron chi connectivity index (χ3n) is 4.51. The van der Waals surface area contributed by atoms with Crippen LogP contribution in [0.1, 0.15) is 42.2 Å². The monoisotopic (exact) mass is 417 g/mol. The summed E-state index contributed by atoms with van der Waals surface area (Å²) in [5, 5.41) is 9.24. The number of benzene rings is 2. The molecule has 1 amide bonds. The number of amides is 1. The van der Waals surface area contributed by atoms with Crippen molar-refractivity contribution >= 4 is 39.9 Å². The van der Waals surface area contributed by atoms with Gasteiger partial charge in [-0.2, -0.15) is 5.10 Å². The molecule has 2 aromatic carbocycles. The summed E-state index contributed by atoms with van der Waals surface area (Å²) in [5.41, 5.74) is 0.806. The summed E-state index contributed by atoms with van der Waals surface area (Å²) in [6.45, 7) is 2.82. The molecule has 0 aliphatic carbocycles. The Morgan fingerprint density at radius 3 is 2.57 bits per heavy atom. The number of fused-ring (bicyclic) bond motifs is 1. The minimum Gasteiger partial charge on any atom is -0.346 e. The van der Waals surface area contributed by atoms with Gasteiger partial charge in [-0.25, -0.2) is 4.68 Å². The van der Waals surface area contributed by atoms with E-state index >= 15 is 0 Å². The number of hydrogen-bond acceptors (Lipinski definition) is 3. The van der Waals surface area contributed by atoms with Crippen LogP contribution in [0.4, 0.5) is 0 Å². The molecule has 0 saturated heterocycles. The van der Waals surface area contributed by atoms with Gasteiger partial charge in [0.05, 0.1) is 5.39 Å². The van der Waals surface area contributed by atoms with E-state index in [0.29, 0.717) is 27.4 Å². The average molecular weight is 418 g/mol. The maximum atomic E-state index is 12.8. The average Bonchev–Trinajstić information content (AvgIpc) is 2.69. The molecule has 146 valence electrons. The van der Waals surface area contributed by atoms with E-state index in [1.807, 2.05) is 0 Å². The third-order valence-corrected chi connectivity index (χ3v) is 5.10. The van der Waals surface area contributed by atoms with E-state index in [1.165, 1.54) is 4.68 Å². The smallest absolute Gasteiger partial charge is 0.274 e. The van der Waals surface area contributed by atoms with Crippen LogP contribution < -0.4 is 10.9 Å². The van der Waals surface area contributed by atoms with E-state index in [-0.39, 0.29) is 23.7 Å². The van der Waals surface area contributed by atoms with Gasteiger partial charge < -0.3 is 5.32 Å². The second-order valence-corrected chi connectivity index (χ2v) is 7.39. The zero-order chi connectivity index (χ0) is 20.1. The number of halogens is 2. The summed E-state index contributed by atoms with van der Waals surface area (Å²) < 4.78 is 1.39. The molecule has 1 aromatic heterocycles. The van der Waals surface area contributed by atoms with Crippen molar-refractivity contribution in [3.05, 3.63) is 74.1 Å². The maximum Gasteiger partial charge on any atom is 0.274 e. The quantitative estimate of drug-likeness (QED) is 0.560. The molecule has 0 saturated carbocycles. The Bertz CT molecular complexity index is 1060. The highest BCUT2D eigenvalue weighted by molar-refractivity contribution is 6.35. The number of nitrogens with one attached hydrogen (secondary N) is 1. The molecule has 1 N–H and O–H groups in total. The Morgan fingerprint density at radius 1 is 1.11 bits per heavy atom. The summed E-state index contributed by atoms with van der Waals surface area (Å²) in [6, 6.07) is 12.2. The van der Waals surface area contributed by atoms with E-state index in [4.69, 9.17) is 23.2 Å². The Kier molecular flexibility index (Phi) is 6.70. The maximum absolute atomic E-state index is 12.8. The predicted octanol–water partition coefficient (Wildman–Crippen LogP) is 4.82. The lowest BCUT2D eigenvalue weighted by molar-refractivity contribution is 0.0945. The van der Waals surface area contributed by atoms with Crippen molar-refractivity contribution in [2.45, 2.75) is 39.3 Å². The Labute approximate surface area is 173 Å². The van der Waals surface area contributed by atoms with Crippen LogP contribution >= 0.6 is 23.2 Å². The van der Waals surface area contributed by atoms with Crippen molar-refractivity contribution in [2.24, 2.45) is 0 Å². The highest BCUT2D eigenvalue weighted by Gasteiger charge is 2.16. The summed E-state index contributed by atoms with van der Waals surface area (Å²) in [4.78, 5) is 25.5. The van der Waals surface area contributed by atoms with Gasteiger partial charge in [-0.15, -0.1) is 0 Å². The number of carbonyl (C=O) groups is 1. The molecule has 0 bridgehead atoms. The van der Waals surface area contributed by atoms with E-state index < -0.39 is 0 Å². The standard InChI is InChI=1S/C21H21Cl2N3O2/c1-2-3-6-11-26-21(28)17-8-5-4-7-16(17)19(25-26)20(27)24-13-14-9-10-15(22)12-18(14)23/h4-5,7-10,12H,2-3,6,11,13H2,1H3,(H,24,27). The van der Waals surface area contributed by atoms with Gasteiger partial charge in [-0.1, -0.05) is 67.2 Å². The zero-order valence-corrected chi connectivity index (χ0v) is 17.1. The molecule has 0 fully saturated rings. The largest absolute Gasteiger partial charge is 0.346 e. The molecule has 3 rings (SSSR count). The second kappa shape index (κ2) is 9.22. The number of nitrogens with zero attached hydrogens (tertiary/aromatic N) is 2. The lowest BCUT2D eigenvalue weighted by Crippen LogP contribution is -2.30. The van der Waals surface area contributed by atoms with Gasteiger partial charge in [0.15, 0.2) is 5.69 Å². The first-order valence-corrected chi connectivity index (χ1v) is 9.99. The summed E-state index contributed by atoms with van der Waals surface area (Å²) in [7, 11) is 0. The summed E-state index contributed by atoms with van der Waals surface area (Å²) in [5.74, 6) is -0.355. The van der Waals surface area contributed by atoms with Gasteiger partial charge in [-0.3, -0.25) is 9.59 Å². The normalized spacial score (nSPS) is 11.0. The molecule has 1 heterocycles. The van der Waals surface area contributed by atoms with Crippen LogP contribution in [0.25, 0.3) is 10.8 Å². The van der Waals surface area contributed by atoms with Crippen LogP contribution in [-0.4, -0.2) is 15.7 Å². The molecule has 0 spiro atoms. The molecular formula is C21H21Cl2N3O2. The molecule has 0 unspecified atom stereocenters. The van der Waals surface area contributed by atoms with Crippen molar-refractivity contribution in [1.82, 2.24) is 15.1 Å². The van der Waals surface area contributed by atoms with E-state index in [1.54, 1.807) is 42.5 Å². The van der Waals surface area contributed by atoms with Gasteiger partial charge in [0, 0.05) is 28.5 Å². The highest BCUT2D eigenvalue weighted by Crippen LogP contribution is 2.21. The van der Waals surface area contributed by atoms with E-state index in [0.717, 1.165) is 24.8 Å². The second-order valence-electron chi connectivity index (χ2n) is 6.55. The zero-order valence-electron chi connectivity index (χ0n) is 15.5. The van der Waals surface area contributed by atoms with E-state index in [9.17, 15) is 9.59 Å². The van der Waals surface area contributed by atoms with Crippen molar-refractivity contribution < 1.29 is 4.79 Å². The van der Waals surface area contributed by atoms with Gasteiger partial charge in [0.1, 0.15) is 0 Å². The first kappa shape index (κ1) is 20.4. The summed E-state index contributed by atoms with van der Waals surface area (Å²) in [6.07, 6.45) is 2.87.